The minimum absolute atomic E-state index is 0.245. The van der Waals surface area contributed by atoms with E-state index in [0.717, 1.165) is 30.4 Å². The number of hydrogen-bond donors (Lipinski definition) is 2. The maximum absolute atomic E-state index is 13.5. The normalized spacial score (nSPS) is 16.2. The van der Waals surface area contributed by atoms with Crippen LogP contribution in [0.3, 0.4) is 0 Å². The lowest BCUT2D eigenvalue weighted by molar-refractivity contribution is 0.244. The van der Waals surface area contributed by atoms with Gasteiger partial charge in [0.15, 0.2) is 5.13 Å². The van der Waals surface area contributed by atoms with Crippen molar-refractivity contribution in [3.05, 3.63) is 24.0 Å². The average molecular weight is 293 g/mol. The van der Waals surface area contributed by atoms with Crippen molar-refractivity contribution >= 4 is 32.7 Å². The van der Waals surface area contributed by atoms with Crippen LogP contribution in [0.25, 0.3) is 10.2 Å². The summed E-state index contributed by atoms with van der Waals surface area (Å²) in [4.78, 5) is 16.0. The molecule has 3 rings (SSSR count). The summed E-state index contributed by atoms with van der Waals surface area (Å²) >= 11 is 1.28. The number of thiazole rings is 1. The summed E-state index contributed by atoms with van der Waals surface area (Å²) in [6, 6.07) is 4.79. The number of fused-ring (bicyclic) bond motifs is 1. The van der Waals surface area contributed by atoms with E-state index in [-0.39, 0.29) is 17.9 Å². The van der Waals surface area contributed by atoms with Gasteiger partial charge in [-0.15, -0.1) is 0 Å². The fraction of sp³-hybridized carbons (Fsp3) is 0.429. The molecule has 1 aromatic carbocycles. The summed E-state index contributed by atoms with van der Waals surface area (Å²) in [7, 11) is 0. The molecular formula is C14H16FN3OS. The van der Waals surface area contributed by atoms with Gasteiger partial charge in [0.2, 0.25) is 0 Å². The Labute approximate surface area is 120 Å². The second-order valence-corrected chi connectivity index (χ2v) is 6.07. The van der Waals surface area contributed by atoms with Gasteiger partial charge in [-0.3, -0.25) is 5.32 Å². The third-order valence-corrected chi connectivity index (χ3v) is 4.47. The van der Waals surface area contributed by atoms with Crippen LogP contribution < -0.4 is 10.6 Å². The minimum Gasteiger partial charge on any atom is -0.335 e. The zero-order chi connectivity index (χ0) is 13.9. The van der Waals surface area contributed by atoms with Crippen LogP contribution in [0.15, 0.2) is 18.2 Å². The Morgan fingerprint density at radius 1 is 1.30 bits per heavy atom. The highest BCUT2D eigenvalue weighted by atomic mass is 32.1. The van der Waals surface area contributed by atoms with Crippen LogP contribution >= 0.6 is 11.3 Å². The minimum atomic E-state index is -0.362. The van der Waals surface area contributed by atoms with E-state index in [1.165, 1.54) is 23.8 Å². The number of amides is 2. The number of hydrogen-bond acceptors (Lipinski definition) is 3. The number of anilines is 1. The van der Waals surface area contributed by atoms with E-state index in [1.54, 1.807) is 12.1 Å². The summed E-state index contributed by atoms with van der Waals surface area (Å²) in [5.41, 5.74) is 0.311. The largest absolute Gasteiger partial charge is 0.335 e. The highest BCUT2D eigenvalue weighted by Gasteiger charge is 2.16. The first-order valence-electron chi connectivity index (χ1n) is 6.85. The first kappa shape index (κ1) is 13.3. The molecule has 0 aliphatic heterocycles. The third-order valence-electron chi connectivity index (χ3n) is 3.53. The van der Waals surface area contributed by atoms with Crippen LogP contribution in [-0.2, 0) is 0 Å². The molecule has 0 unspecified atom stereocenters. The molecule has 0 bridgehead atoms. The van der Waals surface area contributed by atoms with Gasteiger partial charge < -0.3 is 5.32 Å². The Morgan fingerprint density at radius 3 is 2.85 bits per heavy atom. The fourth-order valence-corrected chi connectivity index (χ4v) is 3.41. The molecule has 106 valence electrons. The van der Waals surface area contributed by atoms with Crippen molar-refractivity contribution in [3.63, 3.8) is 0 Å². The van der Waals surface area contributed by atoms with Crippen LogP contribution in [0.5, 0.6) is 0 Å². The third kappa shape index (κ3) is 2.90. The second kappa shape index (κ2) is 5.75. The molecule has 1 heterocycles. The second-order valence-electron chi connectivity index (χ2n) is 5.04. The van der Waals surface area contributed by atoms with Crippen LogP contribution in [0.1, 0.15) is 32.1 Å². The molecule has 2 aromatic rings. The van der Waals surface area contributed by atoms with E-state index in [9.17, 15) is 9.18 Å². The van der Waals surface area contributed by atoms with E-state index < -0.39 is 0 Å². The van der Waals surface area contributed by atoms with E-state index >= 15 is 0 Å². The molecular weight excluding hydrogens is 277 g/mol. The molecule has 1 aliphatic rings. The number of urea groups is 1. The zero-order valence-corrected chi connectivity index (χ0v) is 11.8. The highest BCUT2D eigenvalue weighted by Crippen LogP contribution is 2.27. The maximum Gasteiger partial charge on any atom is 0.321 e. The van der Waals surface area contributed by atoms with Crippen molar-refractivity contribution < 1.29 is 9.18 Å². The Hall–Kier alpha value is -1.69. The van der Waals surface area contributed by atoms with Crippen molar-refractivity contribution in [3.8, 4) is 0 Å². The average Bonchev–Trinajstić information content (AvgIpc) is 2.83. The molecule has 2 amide bonds. The maximum atomic E-state index is 13.5. The molecule has 4 nitrogen and oxygen atoms in total. The van der Waals surface area contributed by atoms with Crippen LogP contribution in [0, 0.1) is 5.82 Å². The molecule has 1 aliphatic carbocycles. The fourth-order valence-electron chi connectivity index (χ4n) is 2.53. The zero-order valence-electron chi connectivity index (χ0n) is 11.0. The van der Waals surface area contributed by atoms with Crippen LogP contribution in [-0.4, -0.2) is 17.1 Å². The molecule has 1 aromatic heterocycles. The van der Waals surface area contributed by atoms with Crippen molar-refractivity contribution in [1.82, 2.24) is 10.3 Å². The topological polar surface area (TPSA) is 54.0 Å². The number of halogens is 1. The van der Waals surface area contributed by atoms with Gasteiger partial charge in [0.25, 0.3) is 0 Å². The molecule has 0 spiro atoms. The van der Waals surface area contributed by atoms with Crippen molar-refractivity contribution in [2.45, 2.75) is 38.1 Å². The van der Waals surface area contributed by atoms with Gasteiger partial charge in [-0.2, -0.15) is 0 Å². The number of nitrogens with zero attached hydrogens (tertiary/aromatic N) is 1. The lowest BCUT2D eigenvalue weighted by Crippen LogP contribution is -2.38. The van der Waals surface area contributed by atoms with E-state index in [1.807, 2.05) is 0 Å². The van der Waals surface area contributed by atoms with Crippen molar-refractivity contribution in [1.29, 1.82) is 0 Å². The van der Waals surface area contributed by atoms with Gasteiger partial charge >= 0.3 is 6.03 Å². The monoisotopic (exact) mass is 293 g/mol. The summed E-state index contributed by atoms with van der Waals surface area (Å²) in [5, 5.41) is 6.07. The molecule has 20 heavy (non-hydrogen) atoms. The molecule has 0 atom stereocenters. The number of carbonyl (C=O) groups is 1. The SMILES string of the molecule is O=C(Nc1nc2c(F)cccc2s1)NC1CCCCC1. The summed E-state index contributed by atoms with van der Waals surface area (Å²) < 4.78 is 14.3. The highest BCUT2D eigenvalue weighted by molar-refractivity contribution is 7.22. The van der Waals surface area contributed by atoms with Gasteiger partial charge in [-0.1, -0.05) is 36.7 Å². The van der Waals surface area contributed by atoms with E-state index in [2.05, 4.69) is 15.6 Å². The molecule has 1 saturated carbocycles. The predicted octanol–water partition coefficient (Wildman–Crippen LogP) is 3.89. The Balaban J connectivity index is 1.66. The first-order chi connectivity index (χ1) is 9.72. The molecule has 0 radical (unpaired) electrons. The van der Waals surface area contributed by atoms with Crippen molar-refractivity contribution in [2.75, 3.05) is 5.32 Å². The Kier molecular flexibility index (Phi) is 3.82. The molecule has 6 heteroatoms. The van der Waals surface area contributed by atoms with Gasteiger partial charge in [-0.25, -0.2) is 14.2 Å². The first-order valence-corrected chi connectivity index (χ1v) is 7.66. The lowest BCUT2D eigenvalue weighted by atomic mass is 9.96. The Morgan fingerprint density at radius 2 is 2.10 bits per heavy atom. The number of nitrogens with one attached hydrogen (secondary N) is 2. The molecule has 1 fully saturated rings. The summed E-state index contributed by atoms with van der Waals surface area (Å²) in [6.45, 7) is 0. The molecule has 0 saturated heterocycles. The van der Waals surface area contributed by atoms with Gasteiger partial charge in [0, 0.05) is 6.04 Å². The van der Waals surface area contributed by atoms with Gasteiger partial charge in [0.1, 0.15) is 11.3 Å². The van der Waals surface area contributed by atoms with Crippen LogP contribution in [0.2, 0.25) is 0 Å². The van der Waals surface area contributed by atoms with Gasteiger partial charge in [-0.05, 0) is 25.0 Å². The number of aromatic nitrogens is 1. The van der Waals surface area contributed by atoms with Crippen molar-refractivity contribution in [2.24, 2.45) is 0 Å². The Bertz CT molecular complexity index is 622. The number of para-hydroxylation sites is 1. The predicted molar refractivity (Wildman–Crippen MR) is 78.6 cm³/mol. The van der Waals surface area contributed by atoms with Gasteiger partial charge in [0.05, 0.1) is 4.70 Å². The van der Waals surface area contributed by atoms with E-state index in [4.69, 9.17) is 0 Å². The number of rotatable bonds is 2. The lowest BCUT2D eigenvalue weighted by Gasteiger charge is -2.22. The quantitative estimate of drug-likeness (QED) is 0.882. The van der Waals surface area contributed by atoms with Crippen LogP contribution in [0.4, 0.5) is 14.3 Å². The number of carbonyl (C=O) groups excluding carboxylic acids is 1. The van der Waals surface area contributed by atoms with E-state index in [0.29, 0.717) is 10.6 Å². The summed E-state index contributed by atoms with van der Waals surface area (Å²) in [5.74, 6) is -0.362. The smallest absolute Gasteiger partial charge is 0.321 e. The standard InChI is InChI=1S/C14H16FN3OS/c15-10-7-4-8-11-12(10)17-14(20-11)18-13(19)16-9-5-2-1-3-6-9/h4,7-9H,1-3,5-6H2,(H2,16,17,18,19). The summed E-state index contributed by atoms with van der Waals surface area (Å²) in [6.07, 6.45) is 5.63. The molecule has 2 N–H and O–H groups in total. The number of benzene rings is 1.